The number of methoxy groups -OCH3 is 1. The molecule has 2 rings (SSSR count). The van der Waals surface area contributed by atoms with Crippen molar-refractivity contribution < 1.29 is 9.13 Å². The number of hydrogen-bond acceptors (Lipinski definition) is 3. The van der Waals surface area contributed by atoms with Crippen LogP contribution in [0.2, 0.25) is 0 Å². The Balaban J connectivity index is 1.69. The summed E-state index contributed by atoms with van der Waals surface area (Å²) in [5, 5.41) is 3.35. The molecule has 0 unspecified atom stereocenters. The second kappa shape index (κ2) is 7.46. The molecule has 1 fully saturated rings. The van der Waals surface area contributed by atoms with E-state index < -0.39 is 0 Å². The van der Waals surface area contributed by atoms with Crippen LogP contribution in [0.3, 0.4) is 0 Å². The summed E-state index contributed by atoms with van der Waals surface area (Å²) in [5.41, 5.74) is 1.05. The molecule has 1 aromatic carbocycles. The number of rotatable bonds is 6. The number of nitrogens with one attached hydrogen (secondary N) is 1. The maximum absolute atomic E-state index is 13.5. The second-order valence-corrected chi connectivity index (χ2v) is 5.02. The predicted octanol–water partition coefficient (Wildman–Crippen LogP) is 2.06. The third kappa shape index (κ3) is 4.48. The van der Waals surface area contributed by atoms with Crippen molar-refractivity contribution in [3.8, 4) is 5.75 Å². The van der Waals surface area contributed by atoms with Gasteiger partial charge < -0.3 is 15.0 Å². The summed E-state index contributed by atoms with van der Waals surface area (Å²) in [7, 11) is 1.49. The van der Waals surface area contributed by atoms with Crippen LogP contribution in [0.1, 0.15) is 18.4 Å². The lowest BCUT2D eigenvalue weighted by Crippen LogP contribution is -2.43. The van der Waals surface area contributed by atoms with Gasteiger partial charge in [-0.15, -0.1) is 0 Å². The van der Waals surface area contributed by atoms with Gasteiger partial charge >= 0.3 is 0 Å². The monoisotopic (exact) mass is 266 g/mol. The van der Waals surface area contributed by atoms with Crippen molar-refractivity contribution >= 4 is 0 Å². The molecule has 0 atom stereocenters. The molecule has 0 aliphatic carbocycles. The highest BCUT2D eigenvalue weighted by Gasteiger charge is 2.08. The van der Waals surface area contributed by atoms with Crippen LogP contribution >= 0.6 is 0 Å². The van der Waals surface area contributed by atoms with Gasteiger partial charge in [-0.05, 0) is 43.5 Å². The number of nitrogens with zero attached hydrogens (tertiary/aromatic N) is 1. The summed E-state index contributed by atoms with van der Waals surface area (Å²) < 4.78 is 18.4. The largest absolute Gasteiger partial charge is 0.494 e. The molecule has 0 saturated carbocycles. The lowest BCUT2D eigenvalue weighted by atomic mass is 10.1. The van der Waals surface area contributed by atoms with Crippen LogP contribution in [-0.2, 0) is 6.42 Å². The molecule has 0 bridgehead atoms. The highest BCUT2D eigenvalue weighted by Crippen LogP contribution is 2.18. The number of aryl methyl sites for hydroxylation is 1. The standard InChI is InChI=1S/C15H23FN2O/c1-19-15-6-5-13(12-14(15)16)4-2-3-9-18-10-7-17-8-11-18/h5-6,12,17H,2-4,7-11H2,1H3. The van der Waals surface area contributed by atoms with E-state index >= 15 is 0 Å². The fourth-order valence-electron chi connectivity index (χ4n) is 2.46. The number of piperazine rings is 1. The Bertz CT molecular complexity index is 392. The van der Waals surface area contributed by atoms with Crippen molar-refractivity contribution in [1.29, 1.82) is 0 Å². The van der Waals surface area contributed by atoms with E-state index in [-0.39, 0.29) is 5.82 Å². The molecular weight excluding hydrogens is 243 g/mol. The predicted molar refractivity (Wildman–Crippen MR) is 75.2 cm³/mol. The van der Waals surface area contributed by atoms with Gasteiger partial charge in [0, 0.05) is 26.2 Å². The Morgan fingerprint density at radius 3 is 2.74 bits per heavy atom. The van der Waals surface area contributed by atoms with Crippen LogP contribution in [0.15, 0.2) is 18.2 Å². The summed E-state index contributed by atoms with van der Waals surface area (Å²) in [6.07, 6.45) is 3.22. The van der Waals surface area contributed by atoms with Gasteiger partial charge in [0.2, 0.25) is 0 Å². The summed E-state index contributed by atoms with van der Waals surface area (Å²) in [6.45, 7) is 5.65. The average Bonchev–Trinajstić information content (AvgIpc) is 2.45. The van der Waals surface area contributed by atoms with E-state index in [2.05, 4.69) is 10.2 Å². The van der Waals surface area contributed by atoms with Gasteiger partial charge in [0.1, 0.15) is 0 Å². The third-order valence-electron chi connectivity index (χ3n) is 3.62. The quantitative estimate of drug-likeness (QED) is 0.798. The first-order valence-corrected chi connectivity index (χ1v) is 7.05. The van der Waals surface area contributed by atoms with Crippen LogP contribution in [0.4, 0.5) is 4.39 Å². The Labute approximate surface area is 114 Å². The molecular formula is C15H23FN2O. The van der Waals surface area contributed by atoms with Crippen molar-refractivity contribution in [2.24, 2.45) is 0 Å². The van der Waals surface area contributed by atoms with E-state index in [0.717, 1.165) is 51.1 Å². The summed E-state index contributed by atoms with van der Waals surface area (Å²) >= 11 is 0. The smallest absolute Gasteiger partial charge is 0.165 e. The average molecular weight is 266 g/mol. The first-order valence-electron chi connectivity index (χ1n) is 7.05. The molecule has 1 heterocycles. The number of ether oxygens (including phenoxy) is 1. The topological polar surface area (TPSA) is 24.5 Å². The molecule has 3 nitrogen and oxygen atoms in total. The zero-order valence-corrected chi connectivity index (χ0v) is 11.6. The van der Waals surface area contributed by atoms with Crippen LogP contribution in [0.5, 0.6) is 5.75 Å². The molecule has 1 aliphatic heterocycles. The minimum atomic E-state index is -0.262. The molecule has 1 saturated heterocycles. The first-order chi connectivity index (χ1) is 9.29. The van der Waals surface area contributed by atoms with E-state index in [0.29, 0.717) is 5.75 Å². The van der Waals surface area contributed by atoms with Crippen molar-refractivity contribution in [2.45, 2.75) is 19.3 Å². The number of halogens is 1. The minimum Gasteiger partial charge on any atom is -0.494 e. The maximum Gasteiger partial charge on any atom is 0.165 e. The zero-order chi connectivity index (χ0) is 13.5. The van der Waals surface area contributed by atoms with Crippen LogP contribution in [-0.4, -0.2) is 44.7 Å². The summed E-state index contributed by atoms with van der Waals surface area (Å²) in [6, 6.07) is 5.25. The SMILES string of the molecule is COc1ccc(CCCCN2CCNCC2)cc1F. The summed E-state index contributed by atoms with van der Waals surface area (Å²) in [4.78, 5) is 2.49. The fourth-order valence-corrected chi connectivity index (χ4v) is 2.46. The third-order valence-corrected chi connectivity index (χ3v) is 3.62. The Morgan fingerprint density at radius 1 is 1.26 bits per heavy atom. The Kier molecular flexibility index (Phi) is 5.61. The second-order valence-electron chi connectivity index (χ2n) is 5.02. The van der Waals surface area contributed by atoms with Gasteiger partial charge in [-0.1, -0.05) is 6.07 Å². The Hall–Kier alpha value is -1.13. The van der Waals surface area contributed by atoms with Gasteiger partial charge in [-0.2, -0.15) is 0 Å². The molecule has 1 N–H and O–H groups in total. The van der Waals surface area contributed by atoms with Gasteiger partial charge in [-0.25, -0.2) is 4.39 Å². The molecule has 1 aliphatic rings. The molecule has 19 heavy (non-hydrogen) atoms. The highest BCUT2D eigenvalue weighted by molar-refractivity contribution is 5.29. The fraction of sp³-hybridized carbons (Fsp3) is 0.600. The highest BCUT2D eigenvalue weighted by atomic mass is 19.1. The minimum absolute atomic E-state index is 0.262. The van der Waals surface area contributed by atoms with Crippen molar-refractivity contribution in [3.05, 3.63) is 29.6 Å². The normalized spacial score (nSPS) is 16.5. The van der Waals surface area contributed by atoms with E-state index in [4.69, 9.17) is 4.74 Å². The molecule has 0 radical (unpaired) electrons. The maximum atomic E-state index is 13.5. The van der Waals surface area contributed by atoms with Gasteiger partial charge in [-0.3, -0.25) is 0 Å². The van der Waals surface area contributed by atoms with Crippen LogP contribution < -0.4 is 10.1 Å². The van der Waals surface area contributed by atoms with Crippen LogP contribution in [0.25, 0.3) is 0 Å². The van der Waals surface area contributed by atoms with Crippen LogP contribution in [0, 0.1) is 5.82 Å². The zero-order valence-electron chi connectivity index (χ0n) is 11.6. The number of unbranched alkanes of at least 4 members (excludes halogenated alkanes) is 1. The van der Waals surface area contributed by atoms with E-state index in [9.17, 15) is 4.39 Å². The molecule has 106 valence electrons. The van der Waals surface area contributed by atoms with Gasteiger partial charge in [0.15, 0.2) is 11.6 Å². The lowest BCUT2D eigenvalue weighted by Gasteiger charge is -2.27. The first kappa shape index (κ1) is 14.3. The van der Waals surface area contributed by atoms with E-state index in [1.807, 2.05) is 6.07 Å². The van der Waals surface area contributed by atoms with Crippen molar-refractivity contribution in [2.75, 3.05) is 39.8 Å². The molecule has 1 aromatic rings. The van der Waals surface area contributed by atoms with E-state index in [1.54, 1.807) is 12.1 Å². The van der Waals surface area contributed by atoms with Crippen molar-refractivity contribution in [1.82, 2.24) is 10.2 Å². The molecule has 0 aromatic heterocycles. The Morgan fingerprint density at radius 2 is 2.05 bits per heavy atom. The van der Waals surface area contributed by atoms with E-state index in [1.165, 1.54) is 13.5 Å². The van der Waals surface area contributed by atoms with Gasteiger partial charge in [0.05, 0.1) is 7.11 Å². The van der Waals surface area contributed by atoms with Gasteiger partial charge in [0.25, 0.3) is 0 Å². The van der Waals surface area contributed by atoms with Crippen molar-refractivity contribution in [3.63, 3.8) is 0 Å². The summed E-state index contributed by atoms with van der Waals surface area (Å²) in [5.74, 6) is 0.0617. The molecule has 0 amide bonds. The molecule has 0 spiro atoms. The number of benzene rings is 1. The number of hydrogen-bond donors (Lipinski definition) is 1. The lowest BCUT2D eigenvalue weighted by molar-refractivity contribution is 0.237. The molecule has 4 heteroatoms.